The third kappa shape index (κ3) is 4.42. The zero-order chi connectivity index (χ0) is 19.2. The number of nitrogens with zero attached hydrogens (tertiary/aromatic N) is 1. The molecule has 0 unspecified atom stereocenters. The van der Waals surface area contributed by atoms with Gasteiger partial charge in [0.15, 0.2) is 0 Å². The predicted molar refractivity (Wildman–Crippen MR) is 109 cm³/mol. The van der Waals surface area contributed by atoms with Gasteiger partial charge in [0.2, 0.25) is 0 Å². The van der Waals surface area contributed by atoms with Gasteiger partial charge in [-0.1, -0.05) is 66.7 Å². The van der Waals surface area contributed by atoms with Gasteiger partial charge < -0.3 is 5.32 Å². The first-order valence-corrected chi connectivity index (χ1v) is 8.84. The highest BCUT2D eigenvalue weighted by Crippen LogP contribution is 2.21. The molecule has 27 heavy (non-hydrogen) atoms. The molecule has 4 heteroatoms. The molecule has 0 spiro atoms. The van der Waals surface area contributed by atoms with Crippen molar-refractivity contribution in [3.8, 4) is 0 Å². The second-order valence-electron chi connectivity index (χ2n) is 6.43. The molecule has 0 bridgehead atoms. The normalized spacial score (nSPS) is 10.3. The van der Waals surface area contributed by atoms with Crippen LogP contribution in [0.4, 0.5) is 11.4 Å². The van der Waals surface area contributed by atoms with Gasteiger partial charge in [0.25, 0.3) is 0 Å². The fourth-order valence-corrected chi connectivity index (χ4v) is 2.96. The molecule has 0 aromatic heterocycles. The van der Waals surface area contributed by atoms with Crippen molar-refractivity contribution in [1.82, 2.24) is 0 Å². The van der Waals surface area contributed by atoms with Gasteiger partial charge in [0, 0.05) is 11.4 Å². The number of anilines is 2. The highest BCUT2D eigenvalue weighted by molar-refractivity contribution is 6.44. The molecule has 136 valence electrons. The summed E-state index contributed by atoms with van der Waals surface area (Å²) in [6.45, 7) is 4.14. The standard InChI is InChI=1S/C23H22N2O2/c1-17-10-9-11-18(2)21(17)24-22(26)23(27)25(20-14-7-4-8-15-20)16-19-12-5-3-6-13-19/h3-15H,16H2,1-2H3,(H,24,26). The van der Waals surface area contributed by atoms with Gasteiger partial charge in [0.1, 0.15) is 0 Å². The van der Waals surface area contributed by atoms with E-state index in [1.54, 1.807) is 0 Å². The number of amides is 2. The predicted octanol–water partition coefficient (Wildman–Crippen LogP) is 4.48. The lowest BCUT2D eigenvalue weighted by Gasteiger charge is -2.23. The first-order chi connectivity index (χ1) is 13.1. The van der Waals surface area contributed by atoms with E-state index in [0.29, 0.717) is 17.9 Å². The van der Waals surface area contributed by atoms with Gasteiger partial charge >= 0.3 is 11.8 Å². The zero-order valence-electron chi connectivity index (χ0n) is 15.5. The van der Waals surface area contributed by atoms with Crippen LogP contribution in [-0.4, -0.2) is 11.8 Å². The maximum Gasteiger partial charge on any atom is 0.316 e. The first-order valence-electron chi connectivity index (χ1n) is 8.84. The largest absolute Gasteiger partial charge is 0.317 e. The molecule has 0 aliphatic heterocycles. The number of benzene rings is 3. The van der Waals surface area contributed by atoms with Crippen LogP contribution < -0.4 is 10.2 Å². The van der Waals surface area contributed by atoms with Gasteiger partial charge in [-0.3, -0.25) is 14.5 Å². The van der Waals surface area contributed by atoms with Crippen molar-refractivity contribution >= 4 is 23.2 Å². The fraction of sp³-hybridized carbons (Fsp3) is 0.130. The van der Waals surface area contributed by atoms with Gasteiger partial charge in [-0.2, -0.15) is 0 Å². The van der Waals surface area contributed by atoms with Crippen molar-refractivity contribution in [2.45, 2.75) is 20.4 Å². The molecule has 0 atom stereocenters. The summed E-state index contributed by atoms with van der Waals surface area (Å²) in [7, 11) is 0. The summed E-state index contributed by atoms with van der Waals surface area (Å²) in [4.78, 5) is 27.2. The summed E-state index contributed by atoms with van der Waals surface area (Å²) in [6, 6.07) is 24.6. The lowest BCUT2D eigenvalue weighted by atomic mass is 10.1. The Labute approximate surface area is 159 Å². The third-order valence-corrected chi connectivity index (χ3v) is 4.41. The van der Waals surface area contributed by atoms with E-state index in [1.807, 2.05) is 92.7 Å². The van der Waals surface area contributed by atoms with Crippen LogP contribution in [-0.2, 0) is 16.1 Å². The second kappa shape index (κ2) is 8.32. The average Bonchev–Trinajstić information content (AvgIpc) is 2.70. The molecule has 1 N–H and O–H groups in total. The minimum atomic E-state index is -0.646. The Morgan fingerprint density at radius 2 is 1.33 bits per heavy atom. The number of hydrogen-bond donors (Lipinski definition) is 1. The van der Waals surface area contributed by atoms with Crippen LogP contribution in [0.2, 0.25) is 0 Å². The highest BCUT2D eigenvalue weighted by Gasteiger charge is 2.24. The minimum absolute atomic E-state index is 0.323. The van der Waals surface area contributed by atoms with Gasteiger partial charge in [-0.05, 0) is 42.7 Å². The van der Waals surface area contributed by atoms with Crippen LogP contribution in [0.25, 0.3) is 0 Å². The third-order valence-electron chi connectivity index (χ3n) is 4.41. The molecular formula is C23H22N2O2. The Bertz CT molecular complexity index is 917. The summed E-state index contributed by atoms with van der Waals surface area (Å²) in [5.74, 6) is -1.24. The number of carbonyl (C=O) groups excluding carboxylic acids is 2. The fourth-order valence-electron chi connectivity index (χ4n) is 2.96. The van der Waals surface area contributed by atoms with Crippen LogP contribution in [0.15, 0.2) is 78.9 Å². The first kappa shape index (κ1) is 18.4. The number of carbonyl (C=O) groups is 2. The molecule has 0 radical (unpaired) electrons. The van der Waals surface area contributed by atoms with Crippen LogP contribution in [0.5, 0.6) is 0 Å². The van der Waals surface area contributed by atoms with E-state index in [-0.39, 0.29) is 0 Å². The Balaban J connectivity index is 1.87. The molecule has 0 aliphatic rings. The highest BCUT2D eigenvalue weighted by atomic mass is 16.2. The smallest absolute Gasteiger partial charge is 0.316 e. The van der Waals surface area contributed by atoms with E-state index in [4.69, 9.17) is 0 Å². The Morgan fingerprint density at radius 1 is 0.778 bits per heavy atom. The van der Waals surface area contributed by atoms with Crippen LogP contribution in [0.3, 0.4) is 0 Å². The maximum absolute atomic E-state index is 13.0. The van der Waals surface area contributed by atoms with E-state index in [9.17, 15) is 9.59 Å². The van der Waals surface area contributed by atoms with Crippen molar-refractivity contribution in [3.05, 3.63) is 95.6 Å². The molecule has 3 aromatic carbocycles. The molecule has 0 saturated carbocycles. The molecular weight excluding hydrogens is 336 g/mol. The van der Waals surface area contributed by atoms with Crippen molar-refractivity contribution in [2.75, 3.05) is 10.2 Å². The quantitative estimate of drug-likeness (QED) is 0.699. The van der Waals surface area contributed by atoms with E-state index in [0.717, 1.165) is 16.7 Å². The van der Waals surface area contributed by atoms with Crippen molar-refractivity contribution in [1.29, 1.82) is 0 Å². The number of nitrogens with one attached hydrogen (secondary N) is 1. The average molecular weight is 358 g/mol. The van der Waals surface area contributed by atoms with Crippen LogP contribution >= 0.6 is 0 Å². The molecule has 0 heterocycles. The molecule has 2 amide bonds. The van der Waals surface area contributed by atoms with Gasteiger partial charge in [-0.25, -0.2) is 0 Å². The van der Waals surface area contributed by atoms with Gasteiger partial charge in [0.05, 0.1) is 6.54 Å². The van der Waals surface area contributed by atoms with Crippen LogP contribution in [0, 0.1) is 13.8 Å². The SMILES string of the molecule is Cc1cccc(C)c1NC(=O)C(=O)N(Cc1ccccc1)c1ccccc1. The van der Waals surface area contributed by atoms with E-state index >= 15 is 0 Å². The molecule has 0 aliphatic carbocycles. The number of rotatable bonds is 4. The minimum Gasteiger partial charge on any atom is -0.317 e. The number of hydrogen-bond acceptors (Lipinski definition) is 2. The van der Waals surface area contributed by atoms with Crippen molar-refractivity contribution < 1.29 is 9.59 Å². The van der Waals surface area contributed by atoms with Crippen molar-refractivity contribution in [3.63, 3.8) is 0 Å². The number of aryl methyl sites for hydroxylation is 2. The topological polar surface area (TPSA) is 49.4 Å². The maximum atomic E-state index is 13.0. The zero-order valence-corrected chi connectivity index (χ0v) is 15.5. The monoisotopic (exact) mass is 358 g/mol. The summed E-state index contributed by atoms with van der Waals surface area (Å²) >= 11 is 0. The lowest BCUT2D eigenvalue weighted by Crippen LogP contribution is -2.39. The Morgan fingerprint density at radius 3 is 1.93 bits per heavy atom. The van der Waals surface area contributed by atoms with E-state index in [2.05, 4.69) is 5.32 Å². The van der Waals surface area contributed by atoms with Crippen molar-refractivity contribution in [2.24, 2.45) is 0 Å². The lowest BCUT2D eigenvalue weighted by molar-refractivity contribution is -0.134. The molecule has 3 aromatic rings. The summed E-state index contributed by atoms with van der Waals surface area (Å²) in [5.41, 5.74) is 4.16. The summed E-state index contributed by atoms with van der Waals surface area (Å²) in [5, 5.41) is 2.78. The van der Waals surface area contributed by atoms with Gasteiger partial charge in [-0.15, -0.1) is 0 Å². The summed E-state index contributed by atoms with van der Waals surface area (Å²) < 4.78 is 0. The Hall–Kier alpha value is -3.40. The van der Waals surface area contributed by atoms with E-state index in [1.165, 1.54) is 4.90 Å². The van der Waals surface area contributed by atoms with E-state index < -0.39 is 11.8 Å². The van der Waals surface area contributed by atoms with Crippen LogP contribution in [0.1, 0.15) is 16.7 Å². The second-order valence-corrected chi connectivity index (χ2v) is 6.43. The number of para-hydroxylation sites is 2. The molecule has 4 nitrogen and oxygen atoms in total. The Kier molecular flexibility index (Phi) is 5.67. The summed E-state index contributed by atoms with van der Waals surface area (Å²) in [6.07, 6.45) is 0. The molecule has 0 saturated heterocycles. The molecule has 0 fully saturated rings. The molecule has 3 rings (SSSR count).